The minimum absolute atomic E-state index is 0.442. The molecule has 0 aromatic carbocycles. The van der Waals surface area contributed by atoms with Gasteiger partial charge in [0, 0.05) is 32.4 Å². The first-order valence-electron chi connectivity index (χ1n) is 8.34. The summed E-state index contributed by atoms with van der Waals surface area (Å²) in [7, 11) is 2.09. The fourth-order valence-electron chi connectivity index (χ4n) is 2.88. The Hall–Kier alpha value is -0.830. The van der Waals surface area contributed by atoms with Crippen molar-refractivity contribution < 1.29 is 0 Å². The van der Waals surface area contributed by atoms with Crippen molar-refractivity contribution in [1.82, 2.24) is 14.9 Å². The second-order valence-corrected chi connectivity index (χ2v) is 6.09. The molecule has 0 saturated heterocycles. The summed E-state index contributed by atoms with van der Waals surface area (Å²) in [5.41, 5.74) is 0.442. The molecule has 1 aromatic rings. The Morgan fingerprint density at radius 3 is 2.55 bits per heavy atom. The van der Waals surface area contributed by atoms with Gasteiger partial charge in [0.25, 0.3) is 0 Å². The van der Waals surface area contributed by atoms with Gasteiger partial charge in [-0.3, -0.25) is 0 Å². The average molecular weight is 279 g/mol. The molecule has 0 amide bonds. The maximum Gasteiger partial charge on any atom is 0.108 e. The maximum absolute atomic E-state index is 4.47. The van der Waals surface area contributed by atoms with Crippen molar-refractivity contribution >= 4 is 0 Å². The highest BCUT2D eigenvalue weighted by Crippen LogP contribution is 2.33. The van der Waals surface area contributed by atoms with Gasteiger partial charge < -0.3 is 9.88 Å². The lowest BCUT2D eigenvalue weighted by Crippen LogP contribution is -2.35. The van der Waals surface area contributed by atoms with Gasteiger partial charge in [-0.05, 0) is 37.6 Å². The first-order chi connectivity index (χ1) is 9.67. The number of nitrogens with zero attached hydrogens (tertiary/aromatic N) is 2. The molecule has 1 atom stereocenters. The molecule has 1 N–H and O–H groups in total. The van der Waals surface area contributed by atoms with Crippen molar-refractivity contribution in [1.29, 1.82) is 0 Å². The van der Waals surface area contributed by atoms with Crippen LogP contribution in [0, 0.1) is 5.41 Å². The number of hydrogen-bond acceptors (Lipinski definition) is 2. The van der Waals surface area contributed by atoms with Gasteiger partial charge in [0.15, 0.2) is 0 Å². The summed E-state index contributed by atoms with van der Waals surface area (Å²) in [6.45, 7) is 9.17. The summed E-state index contributed by atoms with van der Waals surface area (Å²) in [4.78, 5) is 4.47. The summed E-state index contributed by atoms with van der Waals surface area (Å²) in [5, 5.41) is 3.65. The van der Waals surface area contributed by atoms with Gasteiger partial charge in [-0.25, -0.2) is 4.98 Å². The van der Waals surface area contributed by atoms with Gasteiger partial charge in [-0.1, -0.05) is 33.6 Å². The zero-order valence-electron chi connectivity index (χ0n) is 13.9. The summed E-state index contributed by atoms with van der Waals surface area (Å²) in [5.74, 6) is 1.22. The van der Waals surface area contributed by atoms with E-state index in [-0.39, 0.29) is 0 Å². The summed E-state index contributed by atoms with van der Waals surface area (Å²) < 4.78 is 2.15. The van der Waals surface area contributed by atoms with Gasteiger partial charge in [-0.2, -0.15) is 0 Å². The Balaban J connectivity index is 2.61. The Morgan fingerprint density at radius 2 is 2.00 bits per heavy atom. The molecule has 0 fully saturated rings. The van der Waals surface area contributed by atoms with Crippen LogP contribution in [0.1, 0.15) is 65.1 Å². The third kappa shape index (κ3) is 5.28. The van der Waals surface area contributed by atoms with E-state index in [2.05, 4.69) is 42.7 Å². The highest BCUT2D eigenvalue weighted by atomic mass is 15.0. The minimum Gasteiger partial charge on any atom is -0.338 e. The van der Waals surface area contributed by atoms with Crippen molar-refractivity contribution in [2.75, 3.05) is 13.1 Å². The highest BCUT2D eigenvalue weighted by molar-refractivity contribution is 4.94. The van der Waals surface area contributed by atoms with Crippen molar-refractivity contribution in [3.8, 4) is 0 Å². The van der Waals surface area contributed by atoms with Gasteiger partial charge in [0.05, 0.1) is 0 Å². The van der Waals surface area contributed by atoms with Crippen LogP contribution in [0.5, 0.6) is 0 Å². The number of aromatic nitrogens is 2. The largest absolute Gasteiger partial charge is 0.338 e. The Kier molecular flexibility index (Phi) is 7.90. The van der Waals surface area contributed by atoms with E-state index >= 15 is 0 Å². The van der Waals surface area contributed by atoms with Crippen LogP contribution in [-0.2, 0) is 13.5 Å². The topological polar surface area (TPSA) is 29.9 Å². The van der Waals surface area contributed by atoms with E-state index in [0.29, 0.717) is 5.41 Å². The quantitative estimate of drug-likeness (QED) is 0.622. The van der Waals surface area contributed by atoms with Crippen molar-refractivity contribution in [3.05, 3.63) is 18.2 Å². The van der Waals surface area contributed by atoms with Crippen LogP contribution < -0.4 is 5.32 Å². The number of hydrogen-bond donors (Lipinski definition) is 1. The van der Waals surface area contributed by atoms with Gasteiger partial charge in [0.1, 0.15) is 5.82 Å². The highest BCUT2D eigenvalue weighted by Gasteiger charge is 2.27. The van der Waals surface area contributed by atoms with Crippen molar-refractivity contribution in [3.63, 3.8) is 0 Å². The third-order valence-corrected chi connectivity index (χ3v) is 4.54. The van der Waals surface area contributed by atoms with E-state index in [1.54, 1.807) is 0 Å². The average Bonchev–Trinajstić information content (AvgIpc) is 2.87. The molecule has 0 aliphatic carbocycles. The van der Waals surface area contributed by atoms with Gasteiger partial charge in [0.2, 0.25) is 0 Å². The molecule has 3 nitrogen and oxygen atoms in total. The lowest BCUT2D eigenvalue weighted by atomic mass is 9.76. The van der Waals surface area contributed by atoms with Crippen LogP contribution in [0.4, 0.5) is 0 Å². The van der Waals surface area contributed by atoms with Crippen LogP contribution in [0.25, 0.3) is 0 Å². The first-order valence-corrected chi connectivity index (χ1v) is 8.34. The van der Waals surface area contributed by atoms with Gasteiger partial charge in [-0.15, -0.1) is 0 Å². The van der Waals surface area contributed by atoms with Crippen LogP contribution >= 0.6 is 0 Å². The van der Waals surface area contributed by atoms with Crippen molar-refractivity contribution in [2.45, 2.75) is 65.7 Å². The molecule has 1 heterocycles. The maximum atomic E-state index is 4.47. The molecule has 0 radical (unpaired) electrons. The summed E-state index contributed by atoms with van der Waals surface area (Å²) in [6.07, 6.45) is 12.7. The normalized spacial score (nSPS) is 14.4. The van der Waals surface area contributed by atoms with Crippen molar-refractivity contribution in [2.24, 2.45) is 12.5 Å². The molecular formula is C17H33N3. The molecule has 0 saturated carbocycles. The van der Waals surface area contributed by atoms with Crippen LogP contribution in [0.15, 0.2) is 12.4 Å². The zero-order valence-corrected chi connectivity index (χ0v) is 13.9. The van der Waals surface area contributed by atoms with Crippen LogP contribution in [0.3, 0.4) is 0 Å². The molecule has 1 unspecified atom stereocenters. The van der Waals surface area contributed by atoms with Gasteiger partial charge >= 0.3 is 0 Å². The standard InChI is InChI=1S/C17H33N3/c1-5-8-10-17(7-3,15-18-12-6-2)11-9-16-19-13-14-20(16)4/h13-14,18H,5-12,15H2,1-4H3. The molecule has 0 bridgehead atoms. The Labute approximate surface area is 125 Å². The monoisotopic (exact) mass is 279 g/mol. The van der Waals surface area contributed by atoms with E-state index in [4.69, 9.17) is 0 Å². The summed E-state index contributed by atoms with van der Waals surface area (Å²) >= 11 is 0. The molecule has 1 aromatic heterocycles. The lowest BCUT2D eigenvalue weighted by molar-refractivity contribution is 0.210. The SMILES string of the molecule is CCCCC(CC)(CCc1nccn1C)CNCCC. The molecule has 1 rings (SSSR count). The zero-order chi connectivity index (χ0) is 14.8. The number of unbranched alkanes of at least 4 members (excludes halogenated alkanes) is 1. The number of rotatable bonds is 11. The molecule has 116 valence electrons. The fourth-order valence-corrected chi connectivity index (χ4v) is 2.88. The van der Waals surface area contributed by atoms with E-state index in [1.165, 1.54) is 44.3 Å². The first kappa shape index (κ1) is 17.2. The second-order valence-electron chi connectivity index (χ2n) is 6.09. The Morgan fingerprint density at radius 1 is 1.20 bits per heavy atom. The minimum atomic E-state index is 0.442. The molecule has 3 heteroatoms. The number of nitrogens with one attached hydrogen (secondary N) is 1. The number of imidazole rings is 1. The molecular weight excluding hydrogens is 246 g/mol. The third-order valence-electron chi connectivity index (χ3n) is 4.54. The molecule has 20 heavy (non-hydrogen) atoms. The van der Waals surface area contributed by atoms with E-state index in [1.807, 2.05) is 12.4 Å². The predicted octanol–water partition coefficient (Wildman–Crippen LogP) is 3.94. The fraction of sp³-hybridized carbons (Fsp3) is 0.824. The van der Waals surface area contributed by atoms with E-state index < -0.39 is 0 Å². The number of aryl methyl sites for hydroxylation is 2. The predicted molar refractivity (Wildman–Crippen MR) is 86.9 cm³/mol. The lowest BCUT2D eigenvalue weighted by Gasteiger charge is -2.33. The second kappa shape index (κ2) is 9.17. The van der Waals surface area contributed by atoms with E-state index in [0.717, 1.165) is 19.5 Å². The summed E-state index contributed by atoms with van der Waals surface area (Å²) in [6, 6.07) is 0. The smallest absolute Gasteiger partial charge is 0.108 e. The molecule has 0 aliphatic rings. The van der Waals surface area contributed by atoms with E-state index in [9.17, 15) is 0 Å². The van der Waals surface area contributed by atoms with Crippen LogP contribution in [-0.4, -0.2) is 22.6 Å². The van der Waals surface area contributed by atoms with Crippen LogP contribution in [0.2, 0.25) is 0 Å². The molecule has 0 spiro atoms. The molecule has 0 aliphatic heterocycles. The Bertz CT molecular complexity index is 359.